The molecule has 2 aliphatic heterocycles. The van der Waals surface area contributed by atoms with E-state index in [4.69, 9.17) is 4.74 Å². The molecule has 0 saturated heterocycles. The van der Waals surface area contributed by atoms with Crippen LogP contribution in [-0.4, -0.2) is 24.3 Å². The molecule has 6 nitrogen and oxygen atoms in total. The van der Waals surface area contributed by atoms with Crippen LogP contribution in [-0.2, 0) is 14.4 Å². The van der Waals surface area contributed by atoms with Gasteiger partial charge in [-0.05, 0) is 25.7 Å². The van der Waals surface area contributed by atoms with Crippen molar-refractivity contribution in [3.63, 3.8) is 0 Å². The Morgan fingerprint density at radius 3 is 2.29 bits per heavy atom. The Morgan fingerprint density at radius 1 is 1.04 bits per heavy atom. The molecule has 24 heavy (non-hydrogen) atoms. The molecule has 0 spiro atoms. The second-order valence-electron chi connectivity index (χ2n) is 5.84. The van der Waals surface area contributed by atoms with Gasteiger partial charge in [0, 0.05) is 17.2 Å². The maximum Gasteiger partial charge on any atom is 0.262 e. The van der Waals surface area contributed by atoms with Crippen LogP contribution in [0.3, 0.4) is 0 Å². The molecule has 3 amide bonds. The summed E-state index contributed by atoms with van der Waals surface area (Å²) in [4.78, 5) is 36.9. The Morgan fingerprint density at radius 2 is 1.67 bits per heavy atom. The van der Waals surface area contributed by atoms with Crippen molar-refractivity contribution in [2.75, 3.05) is 16.8 Å². The summed E-state index contributed by atoms with van der Waals surface area (Å²) in [7, 11) is 0. The Kier molecular flexibility index (Phi) is 3.16. The summed E-state index contributed by atoms with van der Waals surface area (Å²) < 4.78 is 34.2. The minimum Gasteiger partial charge on any atom is -0.481 e. The first-order valence-electron chi connectivity index (χ1n) is 7.54. The SMILES string of the molecule is O=C1COc2cc(F)c(N3C(=O)C4=C(CCCC4)C3=O)c(F)c2N1. The molecule has 0 aromatic heterocycles. The zero-order valence-corrected chi connectivity index (χ0v) is 12.4. The van der Waals surface area contributed by atoms with Crippen LogP contribution in [0.15, 0.2) is 17.2 Å². The van der Waals surface area contributed by atoms with E-state index < -0.39 is 35.0 Å². The van der Waals surface area contributed by atoms with Crippen molar-refractivity contribution in [1.82, 2.24) is 0 Å². The highest BCUT2D eigenvalue weighted by Crippen LogP contribution is 2.42. The Hall–Kier alpha value is -2.77. The second-order valence-corrected chi connectivity index (χ2v) is 5.84. The number of carbonyl (C=O) groups is 3. The number of nitrogens with one attached hydrogen (secondary N) is 1. The number of hydrogen-bond acceptors (Lipinski definition) is 4. The summed E-state index contributed by atoms with van der Waals surface area (Å²) in [6.45, 7) is -0.358. The van der Waals surface area contributed by atoms with E-state index in [9.17, 15) is 23.2 Å². The maximum atomic E-state index is 14.8. The zero-order valence-electron chi connectivity index (χ0n) is 12.4. The molecule has 8 heteroatoms. The number of imide groups is 1. The summed E-state index contributed by atoms with van der Waals surface area (Å²) in [6, 6.07) is 0.866. The number of halogens is 2. The van der Waals surface area contributed by atoms with Crippen LogP contribution in [0.25, 0.3) is 0 Å². The van der Waals surface area contributed by atoms with Crippen LogP contribution in [0.4, 0.5) is 20.2 Å². The predicted molar refractivity (Wildman–Crippen MR) is 78.5 cm³/mol. The van der Waals surface area contributed by atoms with Gasteiger partial charge in [0.15, 0.2) is 18.2 Å². The van der Waals surface area contributed by atoms with Crippen LogP contribution >= 0.6 is 0 Å². The summed E-state index contributed by atoms with van der Waals surface area (Å²) in [6.07, 6.45) is 2.35. The fourth-order valence-corrected chi connectivity index (χ4v) is 3.28. The summed E-state index contributed by atoms with van der Waals surface area (Å²) >= 11 is 0. The first-order chi connectivity index (χ1) is 11.5. The van der Waals surface area contributed by atoms with Gasteiger partial charge in [0.1, 0.15) is 17.1 Å². The average molecular weight is 334 g/mol. The number of nitrogens with zero attached hydrogens (tertiary/aromatic N) is 1. The van der Waals surface area contributed by atoms with Crippen LogP contribution in [0.2, 0.25) is 0 Å². The lowest BCUT2D eigenvalue weighted by molar-refractivity contribution is -0.121. The Bertz CT molecular complexity index is 819. The van der Waals surface area contributed by atoms with Crippen molar-refractivity contribution < 1.29 is 27.9 Å². The van der Waals surface area contributed by atoms with Crippen LogP contribution in [0.1, 0.15) is 25.7 Å². The highest BCUT2D eigenvalue weighted by Gasteiger charge is 2.43. The van der Waals surface area contributed by atoms with Gasteiger partial charge in [-0.3, -0.25) is 14.4 Å². The lowest BCUT2D eigenvalue weighted by Crippen LogP contribution is -2.34. The summed E-state index contributed by atoms with van der Waals surface area (Å²) in [5.41, 5.74) is -0.497. The number of rotatable bonds is 1. The molecular formula is C16H12F2N2O4. The molecule has 0 unspecified atom stereocenters. The van der Waals surface area contributed by atoms with Gasteiger partial charge in [-0.25, -0.2) is 13.7 Å². The molecule has 2 heterocycles. The summed E-state index contributed by atoms with van der Waals surface area (Å²) in [5, 5.41) is 2.24. The van der Waals surface area contributed by atoms with Gasteiger partial charge in [0.05, 0.1) is 0 Å². The maximum absolute atomic E-state index is 14.8. The van der Waals surface area contributed by atoms with Crippen molar-refractivity contribution in [3.05, 3.63) is 28.8 Å². The molecule has 0 atom stereocenters. The molecular weight excluding hydrogens is 322 g/mol. The molecule has 0 bridgehead atoms. The van der Waals surface area contributed by atoms with Crippen molar-refractivity contribution in [2.45, 2.75) is 25.7 Å². The topological polar surface area (TPSA) is 75.7 Å². The van der Waals surface area contributed by atoms with Crippen molar-refractivity contribution in [1.29, 1.82) is 0 Å². The molecule has 3 aliphatic rings. The first kappa shape index (κ1) is 14.8. The van der Waals surface area contributed by atoms with E-state index in [1.807, 2.05) is 0 Å². The van der Waals surface area contributed by atoms with Crippen molar-refractivity contribution >= 4 is 29.1 Å². The van der Waals surface area contributed by atoms with Gasteiger partial charge >= 0.3 is 0 Å². The van der Waals surface area contributed by atoms with Gasteiger partial charge in [-0.1, -0.05) is 0 Å². The van der Waals surface area contributed by atoms with Crippen LogP contribution in [0, 0.1) is 11.6 Å². The molecule has 1 N–H and O–H groups in total. The minimum atomic E-state index is -1.19. The molecule has 0 radical (unpaired) electrons. The van der Waals surface area contributed by atoms with E-state index in [1.54, 1.807) is 0 Å². The van der Waals surface area contributed by atoms with Gasteiger partial charge in [0.25, 0.3) is 17.7 Å². The largest absolute Gasteiger partial charge is 0.481 e. The van der Waals surface area contributed by atoms with Crippen molar-refractivity contribution in [3.8, 4) is 5.75 Å². The molecule has 1 aromatic carbocycles. The van der Waals surface area contributed by atoms with Crippen LogP contribution in [0.5, 0.6) is 5.75 Å². The highest BCUT2D eigenvalue weighted by atomic mass is 19.1. The highest BCUT2D eigenvalue weighted by molar-refractivity contribution is 6.33. The number of fused-ring (bicyclic) bond motifs is 1. The predicted octanol–water partition coefficient (Wildman–Crippen LogP) is 2.04. The van der Waals surface area contributed by atoms with Gasteiger partial charge < -0.3 is 10.1 Å². The molecule has 0 fully saturated rings. The minimum absolute atomic E-state index is 0.176. The molecule has 1 aliphatic carbocycles. The number of ether oxygens (including phenoxy) is 1. The molecule has 124 valence electrons. The number of carbonyl (C=O) groups excluding carboxylic acids is 3. The first-order valence-corrected chi connectivity index (χ1v) is 7.54. The van der Waals surface area contributed by atoms with E-state index in [2.05, 4.69) is 5.32 Å². The fraction of sp³-hybridized carbons (Fsp3) is 0.312. The van der Waals surface area contributed by atoms with Gasteiger partial charge in [-0.2, -0.15) is 0 Å². The quantitative estimate of drug-likeness (QED) is 0.798. The third-order valence-corrected chi connectivity index (χ3v) is 4.39. The van der Waals surface area contributed by atoms with E-state index in [0.717, 1.165) is 18.9 Å². The molecule has 0 saturated carbocycles. The number of hydrogen-bond donors (Lipinski definition) is 1. The zero-order chi connectivity index (χ0) is 17.0. The smallest absolute Gasteiger partial charge is 0.262 e. The third kappa shape index (κ3) is 1.95. The van der Waals surface area contributed by atoms with Crippen LogP contribution < -0.4 is 15.0 Å². The monoisotopic (exact) mass is 334 g/mol. The Labute approximate surface area is 135 Å². The fourth-order valence-electron chi connectivity index (χ4n) is 3.28. The normalized spacial score (nSPS) is 19.9. The standard InChI is InChI=1S/C16H12F2N2O4/c17-9-5-10-13(19-11(21)6-24-10)12(18)14(9)20-15(22)7-3-1-2-4-8(7)16(20)23/h5H,1-4,6H2,(H,19,21). The van der Waals surface area contributed by atoms with Crippen molar-refractivity contribution in [2.24, 2.45) is 0 Å². The van der Waals surface area contributed by atoms with E-state index in [0.29, 0.717) is 28.9 Å². The number of benzene rings is 1. The van der Waals surface area contributed by atoms with E-state index in [1.165, 1.54) is 0 Å². The third-order valence-electron chi connectivity index (χ3n) is 4.39. The Balaban J connectivity index is 1.83. The average Bonchev–Trinajstić information content (AvgIpc) is 2.81. The molecule has 4 rings (SSSR count). The second kappa shape index (κ2) is 5.12. The van der Waals surface area contributed by atoms with Gasteiger partial charge in [0.2, 0.25) is 0 Å². The lowest BCUT2D eigenvalue weighted by atomic mass is 9.93. The van der Waals surface area contributed by atoms with E-state index in [-0.39, 0.29) is 18.0 Å². The van der Waals surface area contributed by atoms with E-state index >= 15 is 0 Å². The number of anilines is 2. The lowest BCUT2D eigenvalue weighted by Gasteiger charge is -2.23. The van der Waals surface area contributed by atoms with Gasteiger partial charge in [-0.15, -0.1) is 0 Å². The number of amides is 3. The molecule has 1 aromatic rings. The summed E-state index contributed by atoms with van der Waals surface area (Å²) in [5.74, 6) is -4.46.